The highest BCUT2D eigenvalue weighted by Crippen LogP contribution is 2.37. The molecule has 1 aliphatic carbocycles. The largest absolute Gasteiger partial charge is 0.263 e. The third-order valence-corrected chi connectivity index (χ3v) is 6.74. The maximum absolute atomic E-state index is 4.94. The Balaban J connectivity index is 1.57. The third kappa shape index (κ3) is 3.45. The van der Waals surface area contributed by atoms with Gasteiger partial charge in [0.1, 0.15) is 0 Å². The lowest BCUT2D eigenvalue weighted by atomic mass is 9.91. The van der Waals surface area contributed by atoms with Crippen LogP contribution in [0.15, 0.2) is 66.7 Å². The van der Waals surface area contributed by atoms with E-state index in [9.17, 15) is 0 Å². The normalized spacial score (nSPS) is 14.5. The third-order valence-electron chi connectivity index (χ3n) is 6.74. The van der Waals surface area contributed by atoms with E-state index < -0.39 is 0 Å². The van der Waals surface area contributed by atoms with Crippen LogP contribution < -0.4 is 5.59 Å². The van der Waals surface area contributed by atoms with E-state index in [1.54, 1.807) is 0 Å². The van der Waals surface area contributed by atoms with Crippen molar-refractivity contribution in [1.82, 2.24) is 4.98 Å². The number of hydrogen-bond acceptors (Lipinski definition) is 1. The number of benzene rings is 3. The van der Waals surface area contributed by atoms with E-state index in [2.05, 4.69) is 88.4 Å². The van der Waals surface area contributed by atoms with E-state index in [-0.39, 0.29) is 0 Å². The molecule has 0 spiro atoms. The molecular formula is C28H28BN. The quantitative estimate of drug-likeness (QED) is 0.386. The van der Waals surface area contributed by atoms with Gasteiger partial charge in [-0.15, -0.1) is 0 Å². The molecule has 0 N–H and O–H groups in total. The molecule has 148 valence electrons. The summed E-state index contributed by atoms with van der Waals surface area (Å²) in [6, 6.07) is 24.7. The Hall–Kier alpha value is -2.87. The van der Waals surface area contributed by atoms with Gasteiger partial charge in [-0.3, -0.25) is 4.98 Å². The molecule has 1 aromatic heterocycles. The summed E-state index contributed by atoms with van der Waals surface area (Å²) < 4.78 is 0. The van der Waals surface area contributed by atoms with Gasteiger partial charge in [0.05, 0.1) is 5.69 Å². The maximum Gasteiger partial charge on any atom is 0.163 e. The Kier molecular flexibility index (Phi) is 4.94. The SMILES string of the molecule is Bc1cc2cc(C3CCCC3)ccc2c(-c2ccc(-c3c(C)cccc3C)cc2)n1. The van der Waals surface area contributed by atoms with Crippen molar-refractivity contribution in [1.29, 1.82) is 0 Å². The minimum absolute atomic E-state index is 0.739. The standard InChI is InChI=1S/C28H28BN/c1-18-6-5-7-19(2)27(18)21-10-12-22(13-11-21)28-25-15-14-23(20-8-3-4-9-20)16-24(25)17-26(29)30-28/h5-7,10-17,20H,3-4,8-9,29H2,1-2H3. The van der Waals surface area contributed by atoms with Crippen molar-refractivity contribution in [3.63, 3.8) is 0 Å². The van der Waals surface area contributed by atoms with E-state index in [1.165, 1.54) is 69.8 Å². The monoisotopic (exact) mass is 389 g/mol. The van der Waals surface area contributed by atoms with E-state index in [1.807, 2.05) is 0 Å². The van der Waals surface area contributed by atoms with Crippen molar-refractivity contribution in [3.05, 3.63) is 83.4 Å². The topological polar surface area (TPSA) is 12.9 Å². The zero-order chi connectivity index (χ0) is 20.7. The lowest BCUT2D eigenvalue weighted by molar-refractivity contribution is 0.724. The van der Waals surface area contributed by atoms with Crippen molar-refractivity contribution < 1.29 is 0 Å². The molecule has 0 amide bonds. The molecule has 0 unspecified atom stereocenters. The smallest absolute Gasteiger partial charge is 0.163 e. The Bertz CT molecular complexity index is 1200. The summed E-state index contributed by atoms with van der Waals surface area (Å²) in [5, 5.41) is 2.57. The van der Waals surface area contributed by atoms with Gasteiger partial charge in [-0.05, 0) is 77.5 Å². The van der Waals surface area contributed by atoms with E-state index >= 15 is 0 Å². The summed E-state index contributed by atoms with van der Waals surface area (Å²) in [4.78, 5) is 4.94. The Morgan fingerprint density at radius 1 is 0.800 bits per heavy atom. The molecule has 3 aromatic carbocycles. The summed E-state index contributed by atoms with van der Waals surface area (Å²) >= 11 is 0. The van der Waals surface area contributed by atoms with Gasteiger partial charge in [-0.25, -0.2) is 0 Å². The second kappa shape index (κ2) is 7.76. The highest BCUT2D eigenvalue weighted by Gasteiger charge is 2.18. The number of aromatic nitrogens is 1. The highest BCUT2D eigenvalue weighted by molar-refractivity contribution is 6.32. The number of fused-ring (bicyclic) bond motifs is 1. The fraction of sp³-hybridized carbons (Fsp3) is 0.250. The van der Waals surface area contributed by atoms with Crippen molar-refractivity contribution in [3.8, 4) is 22.4 Å². The van der Waals surface area contributed by atoms with Crippen LogP contribution in [-0.4, -0.2) is 12.8 Å². The number of pyridine rings is 1. The molecule has 1 fully saturated rings. The minimum Gasteiger partial charge on any atom is -0.263 e. The fourth-order valence-electron chi connectivity index (χ4n) is 5.21. The van der Waals surface area contributed by atoms with Crippen LogP contribution in [0.25, 0.3) is 33.2 Å². The van der Waals surface area contributed by atoms with Crippen LogP contribution in [0.5, 0.6) is 0 Å². The van der Waals surface area contributed by atoms with Crippen LogP contribution in [-0.2, 0) is 0 Å². The predicted octanol–water partition coefficient (Wildman–Crippen LogP) is 6.10. The van der Waals surface area contributed by atoms with Crippen molar-refractivity contribution in [2.24, 2.45) is 0 Å². The van der Waals surface area contributed by atoms with Crippen LogP contribution in [0.4, 0.5) is 0 Å². The van der Waals surface area contributed by atoms with Crippen LogP contribution >= 0.6 is 0 Å². The fourth-order valence-corrected chi connectivity index (χ4v) is 5.21. The number of aryl methyl sites for hydroxylation is 2. The van der Waals surface area contributed by atoms with Crippen molar-refractivity contribution in [2.75, 3.05) is 0 Å². The molecule has 0 aliphatic heterocycles. The molecule has 4 aromatic rings. The number of nitrogens with zero attached hydrogens (tertiary/aromatic N) is 1. The summed E-state index contributed by atoms with van der Waals surface area (Å²) in [5.41, 5.74) is 10.1. The molecule has 2 heteroatoms. The second-order valence-electron chi connectivity index (χ2n) is 8.92. The van der Waals surface area contributed by atoms with Gasteiger partial charge in [-0.1, -0.05) is 73.5 Å². The minimum atomic E-state index is 0.739. The molecule has 0 radical (unpaired) electrons. The van der Waals surface area contributed by atoms with Gasteiger partial charge in [-0.2, -0.15) is 0 Å². The summed E-state index contributed by atoms with van der Waals surface area (Å²) in [6.45, 7) is 4.38. The maximum atomic E-state index is 4.94. The molecule has 1 aliphatic rings. The van der Waals surface area contributed by atoms with Gasteiger partial charge < -0.3 is 0 Å². The lowest BCUT2D eigenvalue weighted by Crippen LogP contribution is -2.09. The van der Waals surface area contributed by atoms with Gasteiger partial charge in [0.2, 0.25) is 0 Å². The molecule has 1 saturated carbocycles. The first-order valence-electron chi connectivity index (χ1n) is 11.2. The van der Waals surface area contributed by atoms with E-state index in [0.717, 1.165) is 17.2 Å². The Morgan fingerprint density at radius 2 is 1.47 bits per heavy atom. The summed E-state index contributed by atoms with van der Waals surface area (Å²) in [6.07, 6.45) is 5.41. The molecule has 1 nitrogen and oxygen atoms in total. The number of rotatable bonds is 3. The zero-order valence-electron chi connectivity index (χ0n) is 18.2. The van der Waals surface area contributed by atoms with Crippen LogP contribution in [0, 0.1) is 13.8 Å². The second-order valence-corrected chi connectivity index (χ2v) is 8.92. The molecular weight excluding hydrogens is 361 g/mol. The Labute approximate surface area is 180 Å². The lowest BCUT2D eigenvalue weighted by Gasteiger charge is -2.14. The van der Waals surface area contributed by atoms with Crippen LogP contribution in [0.3, 0.4) is 0 Å². The van der Waals surface area contributed by atoms with Crippen molar-refractivity contribution >= 4 is 24.2 Å². The molecule has 0 bridgehead atoms. The first-order valence-corrected chi connectivity index (χ1v) is 11.2. The average Bonchev–Trinajstić information content (AvgIpc) is 3.28. The predicted molar refractivity (Wildman–Crippen MR) is 131 cm³/mol. The van der Waals surface area contributed by atoms with E-state index in [4.69, 9.17) is 4.98 Å². The molecule has 1 heterocycles. The molecule has 30 heavy (non-hydrogen) atoms. The first kappa shape index (κ1) is 19.1. The van der Waals surface area contributed by atoms with Gasteiger partial charge in [0.25, 0.3) is 0 Å². The summed E-state index contributed by atoms with van der Waals surface area (Å²) in [5.74, 6) is 0.739. The summed E-state index contributed by atoms with van der Waals surface area (Å²) in [7, 11) is 2.11. The van der Waals surface area contributed by atoms with Crippen LogP contribution in [0.1, 0.15) is 48.3 Å². The van der Waals surface area contributed by atoms with Crippen molar-refractivity contribution in [2.45, 2.75) is 45.4 Å². The van der Waals surface area contributed by atoms with Gasteiger partial charge in [0, 0.05) is 10.9 Å². The highest BCUT2D eigenvalue weighted by atomic mass is 14.7. The Morgan fingerprint density at radius 3 is 2.17 bits per heavy atom. The van der Waals surface area contributed by atoms with Gasteiger partial charge >= 0.3 is 0 Å². The molecule has 5 rings (SSSR count). The molecule has 0 atom stereocenters. The first-order chi connectivity index (χ1) is 14.6. The zero-order valence-corrected chi connectivity index (χ0v) is 18.2. The van der Waals surface area contributed by atoms with E-state index in [0.29, 0.717) is 0 Å². The van der Waals surface area contributed by atoms with Crippen LogP contribution in [0.2, 0.25) is 0 Å². The number of hydrogen-bond donors (Lipinski definition) is 0. The molecule has 0 saturated heterocycles. The average molecular weight is 389 g/mol. The van der Waals surface area contributed by atoms with Gasteiger partial charge in [0.15, 0.2) is 7.85 Å².